The molecule has 2 fully saturated rings. The van der Waals surface area contributed by atoms with E-state index in [4.69, 9.17) is 5.11 Å². The molecule has 2 aliphatic rings. The molecule has 28 heavy (non-hydrogen) atoms. The van der Waals surface area contributed by atoms with E-state index in [-0.39, 0.29) is 55.4 Å². The van der Waals surface area contributed by atoms with Gasteiger partial charge in [0.15, 0.2) is 0 Å². The van der Waals surface area contributed by atoms with Gasteiger partial charge >= 0.3 is 0 Å². The van der Waals surface area contributed by atoms with Crippen LogP contribution in [0.2, 0.25) is 0 Å². The first-order valence-corrected chi connectivity index (χ1v) is 9.77. The van der Waals surface area contributed by atoms with Crippen LogP contribution in [0, 0.1) is 5.92 Å². The van der Waals surface area contributed by atoms with Crippen molar-refractivity contribution in [1.82, 2.24) is 15.1 Å². The van der Waals surface area contributed by atoms with Crippen LogP contribution >= 0.6 is 0 Å². The van der Waals surface area contributed by atoms with Crippen LogP contribution < -0.4 is 5.32 Å². The van der Waals surface area contributed by atoms with E-state index in [0.717, 1.165) is 5.56 Å². The predicted molar refractivity (Wildman–Crippen MR) is 105 cm³/mol. The Morgan fingerprint density at radius 3 is 2.71 bits per heavy atom. The zero-order chi connectivity index (χ0) is 20.1. The van der Waals surface area contributed by atoms with Crippen LogP contribution in [0.1, 0.15) is 25.3 Å². The Morgan fingerprint density at radius 2 is 2.04 bits per heavy atom. The minimum Gasteiger partial charge on any atom is -0.395 e. The molecule has 0 radical (unpaired) electrons. The van der Waals surface area contributed by atoms with E-state index < -0.39 is 0 Å². The number of carbonyl (C=O) groups excluding carboxylic acids is 3. The quantitative estimate of drug-likeness (QED) is 0.704. The molecule has 7 heteroatoms. The molecule has 3 amide bonds. The lowest BCUT2D eigenvalue weighted by Gasteiger charge is -2.39. The third kappa shape index (κ3) is 4.25. The number of rotatable bonds is 6. The molecule has 0 bridgehead atoms. The number of hydrogen-bond acceptors (Lipinski definition) is 4. The number of benzene rings is 1. The third-order valence-corrected chi connectivity index (χ3v) is 5.48. The molecule has 0 spiro atoms. The first-order valence-electron chi connectivity index (χ1n) is 9.77. The Hall–Kier alpha value is -2.67. The Morgan fingerprint density at radius 1 is 1.29 bits per heavy atom. The first-order chi connectivity index (χ1) is 13.5. The minimum absolute atomic E-state index is 0.0376. The Kier molecular flexibility index (Phi) is 6.46. The van der Waals surface area contributed by atoms with E-state index in [9.17, 15) is 14.4 Å². The maximum absolute atomic E-state index is 12.8. The molecule has 2 heterocycles. The average Bonchev–Trinajstić information content (AvgIpc) is 3.10. The van der Waals surface area contributed by atoms with Gasteiger partial charge in [-0.3, -0.25) is 14.4 Å². The van der Waals surface area contributed by atoms with Gasteiger partial charge in [-0.05, 0) is 24.5 Å². The van der Waals surface area contributed by atoms with Gasteiger partial charge < -0.3 is 20.2 Å². The Labute approximate surface area is 165 Å². The second-order valence-electron chi connectivity index (χ2n) is 7.25. The molecule has 2 N–H and O–H groups in total. The third-order valence-electron chi connectivity index (χ3n) is 5.48. The van der Waals surface area contributed by atoms with Crippen LogP contribution in [0.15, 0.2) is 36.4 Å². The van der Waals surface area contributed by atoms with Gasteiger partial charge in [-0.25, -0.2) is 0 Å². The molecule has 2 aliphatic heterocycles. The summed E-state index contributed by atoms with van der Waals surface area (Å²) in [5, 5.41) is 11.6. The summed E-state index contributed by atoms with van der Waals surface area (Å²) >= 11 is 0. The summed E-state index contributed by atoms with van der Waals surface area (Å²) in [4.78, 5) is 41.1. The second kappa shape index (κ2) is 9.01. The van der Waals surface area contributed by atoms with Crippen molar-refractivity contribution in [2.45, 2.75) is 31.8 Å². The van der Waals surface area contributed by atoms with Gasteiger partial charge in [0.2, 0.25) is 17.7 Å². The summed E-state index contributed by atoms with van der Waals surface area (Å²) in [7, 11) is 0. The van der Waals surface area contributed by atoms with Crippen molar-refractivity contribution in [3.05, 3.63) is 42.0 Å². The number of nitrogens with zero attached hydrogens (tertiary/aromatic N) is 2. The summed E-state index contributed by atoms with van der Waals surface area (Å²) in [6.07, 6.45) is 4.46. The summed E-state index contributed by atoms with van der Waals surface area (Å²) in [6.45, 7) is 2.53. The fourth-order valence-electron chi connectivity index (χ4n) is 4.22. The largest absolute Gasteiger partial charge is 0.395 e. The van der Waals surface area contributed by atoms with Gasteiger partial charge in [0.1, 0.15) is 6.54 Å². The van der Waals surface area contributed by atoms with Gasteiger partial charge in [0.25, 0.3) is 0 Å². The fourth-order valence-corrected chi connectivity index (χ4v) is 4.22. The molecule has 3 rings (SSSR count). The van der Waals surface area contributed by atoms with Crippen LogP contribution in [0.5, 0.6) is 0 Å². The average molecular weight is 385 g/mol. The number of fused-ring (bicyclic) bond motifs is 1. The van der Waals surface area contributed by atoms with Crippen molar-refractivity contribution in [1.29, 1.82) is 0 Å². The van der Waals surface area contributed by atoms with Gasteiger partial charge in [-0.1, -0.05) is 37.3 Å². The van der Waals surface area contributed by atoms with E-state index in [2.05, 4.69) is 5.32 Å². The molecule has 2 saturated heterocycles. The van der Waals surface area contributed by atoms with Crippen molar-refractivity contribution >= 4 is 23.8 Å². The van der Waals surface area contributed by atoms with Crippen molar-refractivity contribution < 1.29 is 19.5 Å². The number of aliphatic hydroxyl groups is 1. The maximum atomic E-state index is 12.8. The van der Waals surface area contributed by atoms with Gasteiger partial charge in [0.05, 0.1) is 18.6 Å². The van der Waals surface area contributed by atoms with Gasteiger partial charge in [0, 0.05) is 25.2 Å². The molecule has 1 aromatic rings. The van der Waals surface area contributed by atoms with E-state index >= 15 is 0 Å². The Balaban J connectivity index is 1.68. The molecule has 7 nitrogen and oxygen atoms in total. The van der Waals surface area contributed by atoms with Crippen LogP contribution in [0.3, 0.4) is 0 Å². The molecule has 0 aliphatic carbocycles. The summed E-state index contributed by atoms with van der Waals surface area (Å²) in [5.74, 6) is -0.745. The highest BCUT2D eigenvalue weighted by Crippen LogP contribution is 2.35. The monoisotopic (exact) mass is 385 g/mol. The van der Waals surface area contributed by atoms with Crippen molar-refractivity contribution in [2.24, 2.45) is 5.92 Å². The van der Waals surface area contributed by atoms with Crippen LogP contribution in [0.25, 0.3) is 6.08 Å². The van der Waals surface area contributed by atoms with Crippen molar-refractivity contribution in [3.63, 3.8) is 0 Å². The first kappa shape index (κ1) is 20.1. The fraction of sp³-hybridized carbons (Fsp3) is 0.476. The zero-order valence-corrected chi connectivity index (χ0v) is 16.1. The van der Waals surface area contributed by atoms with Crippen molar-refractivity contribution in [2.75, 3.05) is 26.2 Å². The molecular weight excluding hydrogens is 358 g/mol. The number of carbonyl (C=O) groups is 3. The molecule has 1 aromatic carbocycles. The molecular formula is C21H27N3O4. The highest BCUT2D eigenvalue weighted by Gasteiger charge is 2.49. The lowest BCUT2D eigenvalue weighted by atomic mass is 9.96. The van der Waals surface area contributed by atoms with E-state index in [1.54, 1.807) is 15.9 Å². The molecule has 0 saturated carbocycles. The van der Waals surface area contributed by atoms with E-state index in [1.165, 1.54) is 6.08 Å². The highest BCUT2D eigenvalue weighted by atomic mass is 16.3. The zero-order valence-electron chi connectivity index (χ0n) is 16.1. The molecule has 0 aromatic heterocycles. The second-order valence-corrected chi connectivity index (χ2v) is 7.25. The normalized spacial score (nSPS) is 24.5. The number of piperazine rings is 1. The lowest BCUT2D eigenvalue weighted by Crippen LogP contribution is -2.57. The van der Waals surface area contributed by atoms with Gasteiger partial charge in [-0.15, -0.1) is 0 Å². The van der Waals surface area contributed by atoms with E-state index in [1.807, 2.05) is 37.3 Å². The van der Waals surface area contributed by atoms with Gasteiger partial charge in [-0.2, -0.15) is 0 Å². The molecule has 3 atom stereocenters. The van der Waals surface area contributed by atoms with Crippen LogP contribution in [-0.4, -0.2) is 71.0 Å². The number of hydrogen-bond donors (Lipinski definition) is 2. The summed E-state index contributed by atoms with van der Waals surface area (Å²) in [6, 6.07) is 9.22. The standard InChI is InChI=1S/C21H27N3O4/c1-2-18-17(21(28)22-10-11-25)12-16-13-23(14-20(27)24(16)18)19(26)9-8-15-6-4-3-5-7-15/h3-9,16-18,25H,2,10-14H2,1H3,(H,22,28)/b9-8+/t16-,17-,18-/m0/s1. The lowest BCUT2D eigenvalue weighted by molar-refractivity contribution is -0.147. The topological polar surface area (TPSA) is 90.0 Å². The van der Waals surface area contributed by atoms with Crippen molar-refractivity contribution in [3.8, 4) is 0 Å². The van der Waals surface area contributed by atoms with Crippen LogP contribution in [-0.2, 0) is 14.4 Å². The number of nitrogens with one attached hydrogen (secondary N) is 1. The highest BCUT2D eigenvalue weighted by molar-refractivity contribution is 5.95. The SMILES string of the molecule is CC[C@H]1[C@@H](C(=O)NCCO)C[C@H]2CN(C(=O)/C=C/c3ccccc3)CC(=O)N21. The van der Waals surface area contributed by atoms with E-state index in [0.29, 0.717) is 19.4 Å². The minimum atomic E-state index is -0.305. The number of amides is 3. The maximum Gasteiger partial charge on any atom is 0.247 e. The summed E-state index contributed by atoms with van der Waals surface area (Å²) < 4.78 is 0. The van der Waals surface area contributed by atoms with Crippen LogP contribution in [0.4, 0.5) is 0 Å². The smallest absolute Gasteiger partial charge is 0.247 e. The Bertz CT molecular complexity index is 749. The summed E-state index contributed by atoms with van der Waals surface area (Å²) in [5.41, 5.74) is 0.924. The molecule has 150 valence electrons. The molecule has 0 unspecified atom stereocenters. The number of aliphatic hydroxyl groups excluding tert-OH is 1. The predicted octanol–water partition coefficient (Wildman–Crippen LogP) is 0.646.